The molecule has 2 aromatic heterocycles. The van der Waals surface area contributed by atoms with Crippen LogP contribution in [-0.2, 0) is 15.4 Å². The van der Waals surface area contributed by atoms with Gasteiger partial charge in [0.15, 0.2) is 16.6 Å². The number of benzene rings is 1. The van der Waals surface area contributed by atoms with E-state index in [1.165, 1.54) is 24.3 Å². The van der Waals surface area contributed by atoms with E-state index in [0.717, 1.165) is 18.2 Å². The van der Waals surface area contributed by atoms with Gasteiger partial charge in [0, 0.05) is 17.2 Å². The lowest BCUT2D eigenvalue weighted by Crippen LogP contribution is -2.32. The molecule has 3 N–H and O–H groups in total. The zero-order valence-electron chi connectivity index (χ0n) is 17.4. The second-order valence-corrected chi connectivity index (χ2v) is 9.44. The van der Waals surface area contributed by atoms with Crippen molar-refractivity contribution in [2.45, 2.75) is 31.2 Å². The number of hydrogen-bond donors (Lipinski definition) is 2. The van der Waals surface area contributed by atoms with Crippen LogP contribution in [0.1, 0.15) is 36.8 Å². The van der Waals surface area contributed by atoms with Crippen molar-refractivity contribution in [3.8, 4) is 11.6 Å². The van der Waals surface area contributed by atoms with Crippen molar-refractivity contribution in [3.05, 3.63) is 71.4 Å². The van der Waals surface area contributed by atoms with Crippen LogP contribution in [0.15, 0.2) is 53.6 Å². The summed E-state index contributed by atoms with van der Waals surface area (Å²) >= 11 is 0. The Hall–Kier alpha value is -3.60. The van der Waals surface area contributed by atoms with Crippen molar-refractivity contribution in [2.24, 2.45) is 0 Å². The first-order valence-electron chi connectivity index (χ1n) is 9.31. The van der Waals surface area contributed by atoms with Crippen molar-refractivity contribution in [3.63, 3.8) is 0 Å². The summed E-state index contributed by atoms with van der Waals surface area (Å²) in [6.45, 7) is 5.56. The van der Waals surface area contributed by atoms with Crippen LogP contribution in [0.4, 0.5) is 14.6 Å². The minimum Gasteiger partial charge on any atom is -0.435 e. The molecule has 11 heteroatoms. The molecule has 0 unspecified atom stereocenters. The number of nitrogen functional groups attached to an aromatic ring is 1. The van der Waals surface area contributed by atoms with Gasteiger partial charge in [0.25, 0.3) is 15.9 Å². The lowest BCUT2D eigenvalue weighted by atomic mass is 9.91. The van der Waals surface area contributed by atoms with Crippen LogP contribution in [0, 0.1) is 11.6 Å². The zero-order valence-corrected chi connectivity index (χ0v) is 18.2. The molecule has 168 valence electrons. The molecule has 0 fully saturated rings. The highest BCUT2D eigenvalue weighted by molar-refractivity contribution is 7.90. The number of carbonyl (C=O) groups excluding carboxylic acids is 1. The second-order valence-electron chi connectivity index (χ2n) is 7.81. The molecule has 0 atom stereocenters. The van der Waals surface area contributed by atoms with E-state index in [-0.39, 0.29) is 23.0 Å². The van der Waals surface area contributed by atoms with E-state index in [1.807, 2.05) is 25.5 Å². The van der Waals surface area contributed by atoms with Gasteiger partial charge < -0.3 is 10.5 Å². The van der Waals surface area contributed by atoms with Gasteiger partial charge in [-0.2, -0.15) is 8.42 Å². The van der Waals surface area contributed by atoms with Crippen LogP contribution >= 0.6 is 0 Å². The van der Waals surface area contributed by atoms with Crippen LogP contribution < -0.4 is 15.2 Å². The average molecular weight is 462 g/mol. The zero-order chi connectivity index (χ0) is 23.7. The number of ether oxygens (including phenoxy) is 1. The molecule has 0 saturated heterocycles. The number of hydrogen-bond acceptors (Lipinski definition) is 7. The molecule has 8 nitrogen and oxygen atoms in total. The number of pyridine rings is 2. The summed E-state index contributed by atoms with van der Waals surface area (Å²) in [7, 11) is -4.37. The van der Waals surface area contributed by atoms with E-state index in [9.17, 15) is 22.0 Å². The van der Waals surface area contributed by atoms with Crippen LogP contribution in [0.5, 0.6) is 11.6 Å². The normalized spacial score (nSPS) is 11.8. The van der Waals surface area contributed by atoms with Gasteiger partial charge >= 0.3 is 0 Å². The van der Waals surface area contributed by atoms with Crippen LogP contribution in [0.25, 0.3) is 0 Å². The number of sulfonamides is 1. The lowest BCUT2D eigenvalue weighted by molar-refractivity contribution is 0.0978. The Labute approximate surface area is 183 Å². The minimum atomic E-state index is -4.37. The summed E-state index contributed by atoms with van der Waals surface area (Å²) < 4.78 is 59.8. The molecule has 3 rings (SSSR count). The highest BCUT2D eigenvalue weighted by Gasteiger charge is 2.26. The van der Waals surface area contributed by atoms with Gasteiger partial charge in [0.05, 0.1) is 0 Å². The summed E-state index contributed by atoms with van der Waals surface area (Å²) in [6.07, 6.45) is 0. The molecule has 0 radical (unpaired) electrons. The smallest absolute Gasteiger partial charge is 0.281 e. The number of nitrogens with one attached hydrogen (secondary N) is 1. The monoisotopic (exact) mass is 462 g/mol. The molecule has 0 bridgehead atoms. The summed E-state index contributed by atoms with van der Waals surface area (Å²) in [6, 6.07) is 9.37. The van der Waals surface area contributed by atoms with E-state index in [2.05, 4.69) is 9.97 Å². The van der Waals surface area contributed by atoms with Crippen molar-refractivity contribution in [2.75, 3.05) is 5.73 Å². The Morgan fingerprint density at radius 3 is 2.41 bits per heavy atom. The van der Waals surface area contributed by atoms with Crippen LogP contribution in [0.2, 0.25) is 0 Å². The van der Waals surface area contributed by atoms with Gasteiger partial charge in [-0.1, -0.05) is 26.8 Å². The highest BCUT2D eigenvalue weighted by Crippen LogP contribution is 2.30. The van der Waals surface area contributed by atoms with Crippen molar-refractivity contribution in [1.82, 2.24) is 14.7 Å². The molecule has 2 heterocycles. The Kier molecular flexibility index (Phi) is 6.13. The number of nitrogens with zero attached hydrogens (tertiary/aromatic N) is 2. The standard InChI is InChI=1S/C21H20F2N4O4S/c1-21(2,3)16-10-8-13(20(25-16)31-15-9-7-12(22)11-14(15)23)19(28)27-32(29,30)18-6-4-5-17(24)26-18/h4-11H,1-3H3,(H2,24,26)(H,27,28). The highest BCUT2D eigenvalue weighted by atomic mass is 32.2. The second kappa shape index (κ2) is 8.50. The first-order valence-corrected chi connectivity index (χ1v) is 10.8. The molecular formula is C21H20F2N4O4S. The minimum absolute atomic E-state index is 0.0488. The molecule has 1 amide bonds. The predicted molar refractivity (Wildman–Crippen MR) is 113 cm³/mol. The average Bonchev–Trinajstić information content (AvgIpc) is 2.69. The number of amides is 1. The molecular weight excluding hydrogens is 442 g/mol. The van der Waals surface area contributed by atoms with E-state index >= 15 is 0 Å². The quantitative estimate of drug-likeness (QED) is 0.594. The Morgan fingerprint density at radius 1 is 1.06 bits per heavy atom. The third-order valence-electron chi connectivity index (χ3n) is 4.22. The topological polar surface area (TPSA) is 124 Å². The van der Waals surface area contributed by atoms with Crippen LogP contribution in [-0.4, -0.2) is 24.3 Å². The summed E-state index contributed by atoms with van der Waals surface area (Å²) in [5, 5.41) is -0.461. The molecule has 32 heavy (non-hydrogen) atoms. The number of aromatic nitrogens is 2. The summed E-state index contributed by atoms with van der Waals surface area (Å²) in [5.41, 5.74) is 5.25. The van der Waals surface area contributed by atoms with Gasteiger partial charge in [0.2, 0.25) is 5.88 Å². The Bertz CT molecular complexity index is 1290. The fourth-order valence-electron chi connectivity index (χ4n) is 2.58. The molecule has 0 spiro atoms. The predicted octanol–water partition coefficient (Wildman–Crippen LogP) is 3.55. The Balaban J connectivity index is 2.01. The van der Waals surface area contributed by atoms with E-state index in [4.69, 9.17) is 10.5 Å². The first-order chi connectivity index (χ1) is 14.9. The fourth-order valence-corrected chi connectivity index (χ4v) is 3.52. The number of carbonyl (C=O) groups is 1. The number of anilines is 1. The largest absolute Gasteiger partial charge is 0.435 e. The molecule has 0 aliphatic heterocycles. The van der Waals surface area contributed by atoms with Gasteiger partial charge in [-0.25, -0.2) is 23.5 Å². The first kappa shape index (κ1) is 23.1. The van der Waals surface area contributed by atoms with Crippen LogP contribution in [0.3, 0.4) is 0 Å². The molecule has 0 saturated carbocycles. The maximum Gasteiger partial charge on any atom is 0.281 e. The Morgan fingerprint density at radius 2 is 1.78 bits per heavy atom. The number of rotatable bonds is 5. The number of nitrogens with two attached hydrogens (primary N) is 1. The van der Waals surface area contributed by atoms with Gasteiger partial charge in [0.1, 0.15) is 17.2 Å². The maximum absolute atomic E-state index is 14.1. The fraction of sp³-hybridized carbons (Fsp3) is 0.190. The van der Waals surface area contributed by atoms with Crippen molar-refractivity contribution < 1.29 is 26.7 Å². The van der Waals surface area contributed by atoms with E-state index in [1.54, 1.807) is 0 Å². The third kappa shape index (κ3) is 5.17. The van der Waals surface area contributed by atoms with E-state index in [0.29, 0.717) is 11.8 Å². The lowest BCUT2D eigenvalue weighted by Gasteiger charge is -2.20. The summed E-state index contributed by atoms with van der Waals surface area (Å²) in [5.74, 6) is -3.71. The SMILES string of the molecule is CC(C)(C)c1ccc(C(=O)NS(=O)(=O)c2cccc(N)n2)c(Oc2ccc(F)cc2F)n1. The molecule has 3 aromatic rings. The van der Waals surface area contributed by atoms with Gasteiger partial charge in [-0.15, -0.1) is 0 Å². The number of halogens is 2. The molecule has 0 aliphatic carbocycles. The van der Waals surface area contributed by atoms with Crippen molar-refractivity contribution >= 4 is 21.7 Å². The van der Waals surface area contributed by atoms with Crippen molar-refractivity contribution in [1.29, 1.82) is 0 Å². The third-order valence-corrected chi connectivity index (χ3v) is 5.45. The molecule has 0 aliphatic rings. The summed E-state index contributed by atoms with van der Waals surface area (Å²) in [4.78, 5) is 20.8. The van der Waals surface area contributed by atoms with Gasteiger partial charge in [-0.05, 0) is 36.4 Å². The molecule has 1 aromatic carbocycles. The maximum atomic E-state index is 14.1. The van der Waals surface area contributed by atoms with E-state index < -0.39 is 38.0 Å². The van der Waals surface area contributed by atoms with Gasteiger partial charge in [-0.3, -0.25) is 4.79 Å².